The molecule has 3 aromatic rings. The van der Waals surface area contributed by atoms with Crippen molar-refractivity contribution >= 4 is 22.4 Å². The maximum Gasteiger partial charge on any atom is 0.163 e. The van der Waals surface area contributed by atoms with Gasteiger partial charge in [0.15, 0.2) is 5.65 Å². The number of rotatable bonds is 2. The van der Waals surface area contributed by atoms with Crippen LogP contribution in [0.15, 0.2) is 42.9 Å². The molecule has 6 nitrogen and oxygen atoms in total. The summed E-state index contributed by atoms with van der Waals surface area (Å²) >= 11 is 0. The van der Waals surface area contributed by atoms with Crippen LogP contribution in [0.3, 0.4) is 0 Å². The number of benzene rings is 1. The Morgan fingerprint density at radius 1 is 1.13 bits per heavy atom. The Bertz CT molecular complexity index is 882. The molecule has 0 amide bonds. The van der Waals surface area contributed by atoms with Crippen LogP contribution >= 0.6 is 0 Å². The Labute approximate surface area is 133 Å². The van der Waals surface area contributed by atoms with E-state index in [2.05, 4.69) is 26.0 Å². The van der Waals surface area contributed by atoms with Crippen LogP contribution in [0.5, 0.6) is 5.75 Å². The molecule has 0 fully saturated rings. The summed E-state index contributed by atoms with van der Waals surface area (Å²) in [5.41, 5.74) is 3.32. The van der Waals surface area contributed by atoms with Gasteiger partial charge in [-0.1, -0.05) is 18.2 Å². The van der Waals surface area contributed by atoms with Gasteiger partial charge in [0.2, 0.25) is 0 Å². The molecule has 0 saturated carbocycles. The van der Waals surface area contributed by atoms with Crippen molar-refractivity contribution in [2.24, 2.45) is 7.05 Å². The Hall–Kier alpha value is -2.89. The molecule has 2 aromatic heterocycles. The number of phenolic OH excluding ortho intramolecular Hbond substituents is 1. The van der Waals surface area contributed by atoms with E-state index in [-0.39, 0.29) is 0 Å². The van der Waals surface area contributed by atoms with E-state index in [1.165, 1.54) is 5.57 Å². The van der Waals surface area contributed by atoms with Crippen LogP contribution in [0.4, 0.5) is 5.82 Å². The number of anilines is 1. The minimum atomic E-state index is 0.298. The highest BCUT2D eigenvalue weighted by molar-refractivity contribution is 5.87. The highest BCUT2D eigenvalue weighted by atomic mass is 16.3. The van der Waals surface area contributed by atoms with Crippen molar-refractivity contribution in [2.45, 2.75) is 6.42 Å². The average Bonchev–Trinajstić information content (AvgIpc) is 2.97. The molecule has 0 radical (unpaired) electrons. The largest absolute Gasteiger partial charge is 0.508 e. The zero-order valence-corrected chi connectivity index (χ0v) is 12.8. The second-order valence-electron chi connectivity index (χ2n) is 5.67. The third-order valence-corrected chi connectivity index (χ3v) is 4.26. The molecule has 1 aliphatic rings. The van der Waals surface area contributed by atoms with Crippen molar-refractivity contribution in [3.63, 3.8) is 0 Å². The second-order valence-corrected chi connectivity index (χ2v) is 5.67. The lowest BCUT2D eigenvalue weighted by molar-refractivity contribution is 0.475. The first-order valence-electron chi connectivity index (χ1n) is 7.58. The standard InChI is InChI=1S/C17H17N5O/c1-21-16-15(10-20-21)17(19-11-18-16)22-8-6-13(7-9-22)12-2-4-14(23)5-3-12/h2-6,10-11,23H,7-9H2,1H3. The molecule has 1 aromatic carbocycles. The van der Waals surface area contributed by atoms with Gasteiger partial charge in [-0.25, -0.2) is 9.97 Å². The van der Waals surface area contributed by atoms with Crippen molar-refractivity contribution in [2.75, 3.05) is 18.0 Å². The van der Waals surface area contributed by atoms with Gasteiger partial charge in [0.1, 0.15) is 17.9 Å². The smallest absolute Gasteiger partial charge is 0.163 e. The minimum absolute atomic E-state index is 0.298. The molecule has 6 heteroatoms. The van der Waals surface area contributed by atoms with E-state index in [1.807, 2.05) is 25.4 Å². The van der Waals surface area contributed by atoms with E-state index in [1.54, 1.807) is 23.1 Å². The molecular formula is C17H17N5O. The molecule has 0 aliphatic carbocycles. The Morgan fingerprint density at radius 2 is 1.96 bits per heavy atom. The van der Waals surface area contributed by atoms with Crippen LogP contribution in [0.25, 0.3) is 16.6 Å². The zero-order chi connectivity index (χ0) is 15.8. The molecule has 3 heterocycles. The molecule has 116 valence electrons. The number of fused-ring (bicyclic) bond motifs is 1. The van der Waals surface area contributed by atoms with Crippen molar-refractivity contribution in [3.8, 4) is 5.75 Å². The summed E-state index contributed by atoms with van der Waals surface area (Å²) in [6.07, 6.45) is 6.58. The van der Waals surface area contributed by atoms with E-state index in [0.29, 0.717) is 5.75 Å². The summed E-state index contributed by atoms with van der Waals surface area (Å²) in [5.74, 6) is 1.23. The Kier molecular flexibility index (Phi) is 3.22. The SMILES string of the molecule is Cn1ncc2c(N3CC=C(c4ccc(O)cc4)CC3)ncnc21. The third kappa shape index (κ3) is 2.42. The monoisotopic (exact) mass is 307 g/mol. The van der Waals surface area contributed by atoms with Crippen molar-refractivity contribution in [1.29, 1.82) is 0 Å². The van der Waals surface area contributed by atoms with Gasteiger partial charge in [0, 0.05) is 20.1 Å². The number of nitrogens with zero attached hydrogens (tertiary/aromatic N) is 5. The Balaban J connectivity index is 1.62. The number of hydrogen-bond donors (Lipinski definition) is 1. The first kappa shape index (κ1) is 13.8. The van der Waals surface area contributed by atoms with E-state index < -0.39 is 0 Å². The predicted octanol–water partition coefficient (Wildman–Crippen LogP) is 2.36. The molecule has 1 aliphatic heterocycles. The average molecular weight is 307 g/mol. The van der Waals surface area contributed by atoms with Crippen LogP contribution in [0, 0.1) is 0 Å². The van der Waals surface area contributed by atoms with E-state index >= 15 is 0 Å². The first-order valence-corrected chi connectivity index (χ1v) is 7.58. The van der Waals surface area contributed by atoms with Crippen molar-refractivity contribution in [1.82, 2.24) is 19.7 Å². The fourth-order valence-electron chi connectivity index (χ4n) is 3.00. The van der Waals surface area contributed by atoms with Crippen LogP contribution in [0.1, 0.15) is 12.0 Å². The van der Waals surface area contributed by atoms with Crippen molar-refractivity contribution < 1.29 is 5.11 Å². The lowest BCUT2D eigenvalue weighted by Gasteiger charge is -2.27. The molecular weight excluding hydrogens is 290 g/mol. The van der Waals surface area contributed by atoms with Gasteiger partial charge in [-0.15, -0.1) is 0 Å². The summed E-state index contributed by atoms with van der Waals surface area (Å²) in [6.45, 7) is 1.70. The number of hydrogen-bond acceptors (Lipinski definition) is 5. The highest BCUT2D eigenvalue weighted by Gasteiger charge is 2.18. The van der Waals surface area contributed by atoms with Crippen LogP contribution < -0.4 is 4.90 Å². The number of aromatic hydroxyl groups is 1. The molecule has 4 rings (SSSR count). The van der Waals surface area contributed by atoms with E-state index in [4.69, 9.17) is 0 Å². The van der Waals surface area contributed by atoms with Crippen LogP contribution in [-0.4, -0.2) is 37.9 Å². The fourth-order valence-corrected chi connectivity index (χ4v) is 3.00. The van der Waals surface area contributed by atoms with Crippen LogP contribution in [0.2, 0.25) is 0 Å². The maximum absolute atomic E-state index is 9.40. The molecule has 0 saturated heterocycles. The first-order chi connectivity index (χ1) is 11.2. The van der Waals surface area contributed by atoms with Gasteiger partial charge >= 0.3 is 0 Å². The van der Waals surface area contributed by atoms with Gasteiger partial charge in [-0.05, 0) is 29.7 Å². The number of phenols is 1. The Morgan fingerprint density at radius 3 is 2.70 bits per heavy atom. The summed E-state index contributed by atoms with van der Waals surface area (Å²) < 4.78 is 1.77. The topological polar surface area (TPSA) is 67.1 Å². The number of aromatic nitrogens is 4. The highest BCUT2D eigenvalue weighted by Crippen LogP contribution is 2.28. The van der Waals surface area contributed by atoms with Gasteiger partial charge in [0.05, 0.1) is 11.6 Å². The molecule has 23 heavy (non-hydrogen) atoms. The van der Waals surface area contributed by atoms with Crippen molar-refractivity contribution in [3.05, 3.63) is 48.4 Å². The van der Waals surface area contributed by atoms with Gasteiger partial charge < -0.3 is 10.0 Å². The number of aryl methyl sites for hydroxylation is 1. The summed E-state index contributed by atoms with van der Waals surface area (Å²) in [7, 11) is 1.89. The molecule has 1 N–H and O–H groups in total. The lowest BCUT2D eigenvalue weighted by atomic mass is 9.99. The molecule has 0 atom stereocenters. The molecule has 0 spiro atoms. The normalized spacial score (nSPS) is 15.0. The molecule has 0 unspecified atom stereocenters. The van der Waals surface area contributed by atoms with E-state index in [9.17, 15) is 5.11 Å². The van der Waals surface area contributed by atoms with Gasteiger partial charge in [-0.3, -0.25) is 4.68 Å². The van der Waals surface area contributed by atoms with Crippen LogP contribution in [-0.2, 0) is 7.05 Å². The maximum atomic E-state index is 9.40. The minimum Gasteiger partial charge on any atom is -0.508 e. The quantitative estimate of drug-likeness (QED) is 0.787. The second kappa shape index (κ2) is 5.39. The fraction of sp³-hybridized carbons (Fsp3) is 0.235. The lowest BCUT2D eigenvalue weighted by Crippen LogP contribution is -2.29. The molecule has 0 bridgehead atoms. The predicted molar refractivity (Wildman–Crippen MR) is 89.2 cm³/mol. The third-order valence-electron chi connectivity index (χ3n) is 4.26. The zero-order valence-electron chi connectivity index (χ0n) is 12.8. The van der Waals surface area contributed by atoms with E-state index in [0.717, 1.165) is 41.9 Å². The van der Waals surface area contributed by atoms with Gasteiger partial charge in [-0.2, -0.15) is 5.10 Å². The summed E-state index contributed by atoms with van der Waals surface area (Å²) in [4.78, 5) is 11.0. The van der Waals surface area contributed by atoms with Gasteiger partial charge in [0.25, 0.3) is 0 Å². The summed E-state index contributed by atoms with van der Waals surface area (Å²) in [6, 6.07) is 7.37. The summed E-state index contributed by atoms with van der Waals surface area (Å²) in [5, 5.41) is 14.7.